The molecule has 0 fully saturated rings. The lowest BCUT2D eigenvalue weighted by molar-refractivity contribution is -0.123. The molecule has 0 radical (unpaired) electrons. The predicted molar refractivity (Wildman–Crippen MR) is 78.9 cm³/mol. The first-order valence-corrected chi connectivity index (χ1v) is 7.24. The van der Waals surface area contributed by atoms with Crippen molar-refractivity contribution in [2.24, 2.45) is 0 Å². The first-order chi connectivity index (χ1) is 10.9. The molecule has 0 unspecified atom stereocenters. The molecule has 0 spiro atoms. The van der Waals surface area contributed by atoms with Crippen LogP contribution in [0.5, 0.6) is 0 Å². The molecule has 1 N–H and O–H groups in total. The lowest BCUT2D eigenvalue weighted by atomic mass is 10.2. The van der Waals surface area contributed by atoms with E-state index in [0.29, 0.717) is 11.1 Å². The average Bonchev–Trinajstić information content (AvgIpc) is 2.93. The number of ether oxygens (including phenoxy) is 1. The number of amides is 1. The van der Waals surface area contributed by atoms with E-state index in [4.69, 9.17) is 10.00 Å². The summed E-state index contributed by atoms with van der Waals surface area (Å²) in [5.41, 5.74) is -0.0509. The highest BCUT2D eigenvalue weighted by Crippen LogP contribution is 2.22. The number of carbonyl (C=O) groups is 2. The van der Waals surface area contributed by atoms with Gasteiger partial charge in [0, 0.05) is 6.07 Å². The largest absolute Gasteiger partial charge is 0.449 e. The minimum absolute atomic E-state index is 0.286. The predicted octanol–water partition coefficient (Wildman–Crippen LogP) is 3.08. The molecule has 0 aliphatic rings. The fraction of sp³-hybridized carbons (Fsp3) is 0.133. The topological polar surface area (TPSA) is 79.2 Å². The molecular weight excluding hydrogens is 326 g/mol. The second-order valence-electron chi connectivity index (χ2n) is 4.47. The van der Waals surface area contributed by atoms with Gasteiger partial charge in [-0.2, -0.15) is 5.26 Å². The second-order valence-corrected chi connectivity index (χ2v) is 5.39. The summed E-state index contributed by atoms with van der Waals surface area (Å²) in [6, 6.07) is 5.67. The van der Waals surface area contributed by atoms with Crippen molar-refractivity contribution in [3.63, 3.8) is 0 Å². The number of rotatable bonds is 4. The highest BCUT2D eigenvalue weighted by atomic mass is 32.1. The van der Waals surface area contributed by atoms with E-state index in [9.17, 15) is 18.4 Å². The minimum atomic E-state index is -1.21. The maximum atomic E-state index is 13.1. The van der Waals surface area contributed by atoms with E-state index in [2.05, 4.69) is 5.32 Å². The number of esters is 1. The lowest BCUT2D eigenvalue weighted by Crippen LogP contribution is -2.30. The summed E-state index contributed by atoms with van der Waals surface area (Å²) in [6.45, 7) is 1.31. The number of hydrogen-bond donors (Lipinski definition) is 1. The van der Waals surface area contributed by atoms with Crippen LogP contribution in [0.4, 0.5) is 13.8 Å². The highest BCUT2D eigenvalue weighted by molar-refractivity contribution is 7.14. The second kappa shape index (κ2) is 6.98. The number of nitriles is 1. The van der Waals surface area contributed by atoms with E-state index in [1.54, 1.807) is 5.38 Å². The smallest absolute Gasteiger partial charge is 0.339 e. The molecule has 5 nitrogen and oxygen atoms in total. The van der Waals surface area contributed by atoms with Crippen LogP contribution in [0.25, 0.3) is 0 Å². The number of carbonyl (C=O) groups excluding carboxylic acids is 2. The van der Waals surface area contributed by atoms with Gasteiger partial charge >= 0.3 is 5.97 Å². The Morgan fingerprint density at radius 3 is 2.57 bits per heavy atom. The summed E-state index contributed by atoms with van der Waals surface area (Å²) in [7, 11) is 0. The van der Waals surface area contributed by atoms with Crippen molar-refractivity contribution in [2.75, 3.05) is 5.32 Å². The Bertz CT molecular complexity index is 778. The molecule has 0 bridgehead atoms. The summed E-state index contributed by atoms with van der Waals surface area (Å²) in [5, 5.41) is 13.3. The molecule has 1 aromatic heterocycles. The van der Waals surface area contributed by atoms with Gasteiger partial charge in [0.2, 0.25) is 0 Å². The molecular formula is C15H10F2N2O3S. The van der Waals surface area contributed by atoms with E-state index >= 15 is 0 Å². The van der Waals surface area contributed by atoms with Gasteiger partial charge in [-0.3, -0.25) is 4.79 Å². The highest BCUT2D eigenvalue weighted by Gasteiger charge is 2.21. The Kier molecular flexibility index (Phi) is 5.03. The first-order valence-electron chi connectivity index (χ1n) is 6.36. The van der Waals surface area contributed by atoms with Crippen LogP contribution >= 0.6 is 11.3 Å². The molecule has 8 heteroatoms. The third-order valence-electron chi connectivity index (χ3n) is 2.77. The molecule has 1 atom stereocenters. The monoisotopic (exact) mass is 336 g/mol. The first kappa shape index (κ1) is 16.6. The van der Waals surface area contributed by atoms with Crippen molar-refractivity contribution in [2.45, 2.75) is 13.0 Å². The number of nitrogens with zero attached hydrogens (tertiary/aromatic N) is 1. The van der Waals surface area contributed by atoms with E-state index in [-0.39, 0.29) is 11.1 Å². The maximum Gasteiger partial charge on any atom is 0.339 e. The average molecular weight is 336 g/mol. The summed E-state index contributed by atoms with van der Waals surface area (Å²) >= 11 is 1.14. The molecule has 0 aliphatic heterocycles. The minimum Gasteiger partial charge on any atom is -0.449 e. The van der Waals surface area contributed by atoms with Crippen molar-refractivity contribution in [3.8, 4) is 6.07 Å². The molecule has 0 saturated carbocycles. The number of nitrogens with one attached hydrogen (secondary N) is 1. The zero-order chi connectivity index (χ0) is 17.0. The molecule has 23 heavy (non-hydrogen) atoms. The van der Waals surface area contributed by atoms with Crippen LogP contribution in [0.1, 0.15) is 22.8 Å². The zero-order valence-corrected chi connectivity index (χ0v) is 12.6. The summed E-state index contributed by atoms with van der Waals surface area (Å²) in [4.78, 5) is 23.7. The quantitative estimate of drug-likeness (QED) is 0.870. The number of benzene rings is 1. The number of halogens is 2. The Hall–Kier alpha value is -2.79. The fourth-order valence-electron chi connectivity index (χ4n) is 1.66. The van der Waals surface area contributed by atoms with Crippen molar-refractivity contribution >= 4 is 28.2 Å². The number of thiophene rings is 1. The number of anilines is 1. The van der Waals surface area contributed by atoms with Crippen molar-refractivity contribution in [1.29, 1.82) is 5.26 Å². The zero-order valence-electron chi connectivity index (χ0n) is 11.8. The van der Waals surface area contributed by atoms with Crippen LogP contribution < -0.4 is 5.32 Å². The van der Waals surface area contributed by atoms with Crippen LogP contribution in [0.15, 0.2) is 29.6 Å². The Balaban J connectivity index is 2.03. The van der Waals surface area contributed by atoms with Crippen LogP contribution in [0.2, 0.25) is 0 Å². The van der Waals surface area contributed by atoms with Gasteiger partial charge in [0.25, 0.3) is 5.91 Å². The lowest BCUT2D eigenvalue weighted by Gasteiger charge is -2.13. The van der Waals surface area contributed by atoms with Gasteiger partial charge in [-0.15, -0.1) is 11.3 Å². The van der Waals surface area contributed by atoms with Gasteiger partial charge in [0.1, 0.15) is 22.7 Å². The van der Waals surface area contributed by atoms with Crippen molar-refractivity contribution < 1.29 is 23.1 Å². The molecule has 1 amide bonds. The Morgan fingerprint density at radius 1 is 1.30 bits per heavy atom. The standard InChI is InChI=1S/C15H10F2N2O3S/c1-8(13(20)19-14-9(7-18)2-3-23-14)22-15(21)10-4-11(16)6-12(17)5-10/h2-6,8H,1H3,(H,19,20)/t8-/m1/s1. The fourth-order valence-corrected chi connectivity index (χ4v) is 2.40. The van der Waals surface area contributed by atoms with Gasteiger partial charge in [0.15, 0.2) is 6.10 Å². The van der Waals surface area contributed by atoms with E-state index in [1.807, 2.05) is 6.07 Å². The number of hydrogen-bond acceptors (Lipinski definition) is 5. The molecule has 2 rings (SSSR count). The van der Waals surface area contributed by atoms with Crippen LogP contribution in [0, 0.1) is 23.0 Å². The van der Waals surface area contributed by atoms with Crippen molar-refractivity contribution in [1.82, 2.24) is 0 Å². The van der Waals surface area contributed by atoms with Crippen LogP contribution in [-0.4, -0.2) is 18.0 Å². The van der Waals surface area contributed by atoms with E-state index < -0.39 is 29.6 Å². The molecule has 1 aromatic carbocycles. The van der Waals surface area contributed by atoms with Crippen molar-refractivity contribution in [3.05, 3.63) is 52.4 Å². The summed E-state index contributed by atoms with van der Waals surface area (Å²) in [6.07, 6.45) is -1.21. The van der Waals surface area contributed by atoms with Gasteiger partial charge in [-0.05, 0) is 30.5 Å². The van der Waals surface area contributed by atoms with E-state index in [1.165, 1.54) is 13.0 Å². The maximum absolute atomic E-state index is 13.1. The molecule has 0 aliphatic carbocycles. The van der Waals surface area contributed by atoms with Crippen LogP contribution in [0.3, 0.4) is 0 Å². The molecule has 2 aromatic rings. The third kappa shape index (κ3) is 4.11. The summed E-state index contributed by atoms with van der Waals surface area (Å²) < 4.78 is 31.0. The third-order valence-corrected chi connectivity index (χ3v) is 3.60. The van der Waals surface area contributed by atoms with Gasteiger partial charge < -0.3 is 10.1 Å². The normalized spacial score (nSPS) is 11.4. The SMILES string of the molecule is C[C@@H](OC(=O)c1cc(F)cc(F)c1)C(=O)Nc1sccc1C#N. The Labute approximate surface area is 134 Å². The van der Waals surface area contributed by atoms with Gasteiger partial charge in [0.05, 0.1) is 11.1 Å². The molecule has 1 heterocycles. The van der Waals surface area contributed by atoms with Gasteiger partial charge in [-0.25, -0.2) is 13.6 Å². The van der Waals surface area contributed by atoms with E-state index in [0.717, 1.165) is 23.5 Å². The Morgan fingerprint density at radius 2 is 1.96 bits per heavy atom. The van der Waals surface area contributed by atoms with Crippen LogP contribution in [-0.2, 0) is 9.53 Å². The summed E-state index contributed by atoms with van der Waals surface area (Å²) in [5.74, 6) is -3.54. The van der Waals surface area contributed by atoms with Gasteiger partial charge in [-0.1, -0.05) is 0 Å². The molecule has 0 saturated heterocycles. The molecule has 118 valence electrons.